The third-order valence-corrected chi connectivity index (χ3v) is 6.17. The van der Waals surface area contributed by atoms with E-state index in [1.165, 1.54) is 0 Å². The van der Waals surface area contributed by atoms with Crippen LogP contribution in [0.3, 0.4) is 0 Å². The molecule has 2 amide bonds. The molecule has 0 radical (unpaired) electrons. The summed E-state index contributed by atoms with van der Waals surface area (Å²) < 4.78 is 59.0. The maximum absolute atomic E-state index is 13.3. The van der Waals surface area contributed by atoms with Gasteiger partial charge < -0.3 is 15.4 Å². The van der Waals surface area contributed by atoms with Gasteiger partial charge in [-0.25, -0.2) is 4.39 Å². The van der Waals surface area contributed by atoms with Gasteiger partial charge in [0.25, 0.3) is 0 Å². The molecular weight excluding hydrogens is 380 g/mol. The fraction of sp³-hybridized carbons (Fsp3) is 0.895. The molecule has 2 saturated carbocycles. The quantitative estimate of drug-likeness (QED) is 0.703. The molecule has 5 nitrogen and oxygen atoms in total. The molecule has 2 aliphatic carbocycles. The van der Waals surface area contributed by atoms with Crippen molar-refractivity contribution in [2.24, 2.45) is 11.8 Å². The lowest BCUT2D eigenvalue weighted by Crippen LogP contribution is -2.52. The van der Waals surface area contributed by atoms with Crippen LogP contribution >= 0.6 is 0 Å². The van der Waals surface area contributed by atoms with Crippen molar-refractivity contribution in [3.63, 3.8) is 0 Å². The number of carbonyl (C=O) groups excluding carboxylic acids is 2. The van der Waals surface area contributed by atoms with Gasteiger partial charge in [-0.2, -0.15) is 13.2 Å². The van der Waals surface area contributed by atoms with Gasteiger partial charge in [0.05, 0.1) is 24.0 Å². The molecule has 9 heteroatoms. The summed E-state index contributed by atoms with van der Waals surface area (Å²) in [4.78, 5) is 24.0. The number of ether oxygens (including phenoxy) is 1. The van der Waals surface area contributed by atoms with E-state index in [1.807, 2.05) is 0 Å². The zero-order valence-corrected chi connectivity index (χ0v) is 15.8. The van der Waals surface area contributed by atoms with Crippen LogP contribution in [0.15, 0.2) is 0 Å². The maximum Gasteiger partial charge on any atom is 0.391 e. The molecule has 0 spiro atoms. The van der Waals surface area contributed by atoms with Crippen LogP contribution in [-0.4, -0.2) is 49.0 Å². The minimum absolute atomic E-state index is 0.0686. The summed E-state index contributed by atoms with van der Waals surface area (Å²) in [5.74, 6) is -2.51. The number of alkyl halides is 4. The lowest BCUT2D eigenvalue weighted by molar-refractivity contribution is -0.203. The zero-order chi connectivity index (χ0) is 20.3. The second-order valence-corrected chi connectivity index (χ2v) is 8.25. The monoisotopic (exact) mass is 408 g/mol. The third-order valence-electron chi connectivity index (χ3n) is 6.17. The fourth-order valence-corrected chi connectivity index (χ4v) is 4.45. The number of nitrogens with one attached hydrogen (secondary N) is 2. The Morgan fingerprint density at radius 1 is 1.07 bits per heavy atom. The summed E-state index contributed by atoms with van der Waals surface area (Å²) >= 11 is 0. The van der Waals surface area contributed by atoms with Gasteiger partial charge in [-0.15, -0.1) is 0 Å². The van der Waals surface area contributed by atoms with E-state index in [4.69, 9.17) is 4.74 Å². The number of rotatable bonds is 4. The molecular formula is C19H28F4N2O3. The van der Waals surface area contributed by atoms with E-state index in [9.17, 15) is 27.2 Å². The zero-order valence-electron chi connectivity index (χ0n) is 15.8. The van der Waals surface area contributed by atoms with Gasteiger partial charge in [-0.05, 0) is 51.4 Å². The summed E-state index contributed by atoms with van der Waals surface area (Å²) in [5, 5.41) is 5.54. The highest BCUT2D eigenvalue weighted by Gasteiger charge is 2.47. The SMILES string of the molecule is O=C1CCC(NC(=O)C2CCC(C(F)(F)F)CC2OC2CCC(F)CC2)CN1. The molecule has 3 fully saturated rings. The van der Waals surface area contributed by atoms with Gasteiger partial charge >= 0.3 is 6.18 Å². The molecule has 3 aliphatic rings. The number of halogens is 4. The highest BCUT2D eigenvalue weighted by Crippen LogP contribution is 2.42. The van der Waals surface area contributed by atoms with Crippen LogP contribution in [-0.2, 0) is 14.3 Å². The second-order valence-electron chi connectivity index (χ2n) is 8.25. The van der Waals surface area contributed by atoms with E-state index in [2.05, 4.69) is 10.6 Å². The van der Waals surface area contributed by atoms with Crippen LogP contribution in [0.4, 0.5) is 17.6 Å². The molecule has 28 heavy (non-hydrogen) atoms. The first kappa shape index (κ1) is 21.3. The van der Waals surface area contributed by atoms with Gasteiger partial charge in [0.2, 0.25) is 11.8 Å². The second kappa shape index (κ2) is 8.97. The molecule has 0 aromatic rings. The Balaban J connectivity index is 1.62. The molecule has 160 valence electrons. The minimum atomic E-state index is -4.31. The predicted octanol–water partition coefficient (Wildman–Crippen LogP) is 3.03. The van der Waals surface area contributed by atoms with Crippen molar-refractivity contribution in [3.8, 4) is 0 Å². The third kappa shape index (κ3) is 5.58. The topological polar surface area (TPSA) is 67.4 Å². The average molecular weight is 408 g/mol. The molecule has 4 unspecified atom stereocenters. The van der Waals surface area contributed by atoms with Crippen LogP contribution in [0.1, 0.15) is 57.8 Å². The summed E-state index contributed by atoms with van der Waals surface area (Å²) in [7, 11) is 0. The number of piperidine rings is 1. The normalized spacial score (nSPS) is 37.2. The summed E-state index contributed by atoms with van der Waals surface area (Å²) in [6.45, 7) is 0.328. The summed E-state index contributed by atoms with van der Waals surface area (Å²) in [5.41, 5.74) is 0. The van der Waals surface area contributed by atoms with Crippen LogP contribution in [0.5, 0.6) is 0 Å². The maximum atomic E-state index is 13.3. The van der Waals surface area contributed by atoms with Gasteiger partial charge in [0, 0.05) is 19.0 Å². The van der Waals surface area contributed by atoms with Crippen molar-refractivity contribution < 1.29 is 31.9 Å². The van der Waals surface area contributed by atoms with Crippen molar-refractivity contribution in [1.29, 1.82) is 0 Å². The Morgan fingerprint density at radius 2 is 1.79 bits per heavy atom. The average Bonchev–Trinajstić information content (AvgIpc) is 2.64. The van der Waals surface area contributed by atoms with Crippen molar-refractivity contribution in [1.82, 2.24) is 10.6 Å². The molecule has 0 bridgehead atoms. The smallest absolute Gasteiger partial charge is 0.374 e. The lowest BCUT2D eigenvalue weighted by atomic mass is 9.78. The molecule has 3 rings (SSSR count). The van der Waals surface area contributed by atoms with Crippen molar-refractivity contribution in [3.05, 3.63) is 0 Å². The van der Waals surface area contributed by atoms with Crippen molar-refractivity contribution in [2.45, 2.75) is 88.4 Å². The van der Waals surface area contributed by atoms with Crippen LogP contribution in [0.25, 0.3) is 0 Å². The van der Waals surface area contributed by atoms with E-state index < -0.39 is 30.3 Å². The number of amides is 2. The van der Waals surface area contributed by atoms with Crippen molar-refractivity contribution in [2.75, 3.05) is 6.54 Å². The van der Waals surface area contributed by atoms with E-state index in [0.29, 0.717) is 45.1 Å². The highest BCUT2D eigenvalue weighted by molar-refractivity contribution is 5.81. The molecule has 1 heterocycles. The number of carbonyl (C=O) groups is 2. The minimum Gasteiger partial charge on any atom is -0.374 e. The van der Waals surface area contributed by atoms with Gasteiger partial charge in [-0.1, -0.05) is 0 Å². The van der Waals surface area contributed by atoms with E-state index in [-0.39, 0.29) is 43.2 Å². The first-order chi connectivity index (χ1) is 13.2. The molecule has 4 atom stereocenters. The Hall–Kier alpha value is -1.38. The largest absolute Gasteiger partial charge is 0.391 e. The standard InChI is InChI=1S/C19H28F4N2O3/c20-12-2-5-14(6-3-12)28-16-9-11(19(21,22)23)1-7-15(16)18(27)25-13-4-8-17(26)24-10-13/h11-16H,1-10H2,(H,24,26)(H,25,27). The van der Waals surface area contributed by atoms with Gasteiger partial charge in [-0.3, -0.25) is 9.59 Å². The lowest BCUT2D eigenvalue weighted by Gasteiger charge is -2.39. The predicted molar refractivity (Wildman–Crippen MR) is 93.1 cm³/mol. The molecule has 1 aliphatic heterocycles. The Bertz CT molecular complexity index is 554. The van der Waals surface area contributed by atoms with Crippen LogP contribution in [0.2, 0.25) is 0 Å². The Labute approximate surface area is 161 Å². The highest BCUT2D eigenvalue weighted by atomic mass is 19.4. The molecule has 1 saturated heterocycles. The fourth-order valence-electron chi connectivity index (χ4n) is 4.45. The number of hydrogen-bond donors (Lipinski definition) is 2. The first-order valence-corrected chi connectivity index (χ1v) is 10.2. The summed E-state index contributed by atoms with van der Waals surface area (Å²) in [6, 6.07) is -0.215. The van der Waals surface area contributed by atoms with Gasteiger partial charge in [0.15, 0.2) is 0 Å². The Kier molecular flexibility index (Phi) is 6.83. The molecule has 2 N–H and O–H groups in total. The number of hydrogen-bond acceptors (Lipinski definition) is 3. The van der Waals surface area contributed by atoms with Crippen LogP contribution < -0.4 is 10.6 Å². The van der Waals surface area contributed by atoms with E-state index in [1.54, 1.807) is 0 Å². The van der Waals surface area contributed by atoms with E-state index >= 15 is 0 Å². The molecule has 0 aromatic carbocycles. The first-order valence-electron chi connectivity index (χ1n) is 10.2. The van der Waals surface area contributed by atoms with Crippen molar-refractivity contribution >= 4 is 11.8 Å². The van der Waals surface area contributed by atoms with Gasteiger partial charge in [0.1, 0.15) is 6.17 Å². The van der Waals surface area contributed by atoms with E-state index in [0.717, 1.165) is 0 Å². The summed E-state index contributed by atoms with van der Waals surface area (Å²) in [6.07, 6.45) is -4.07. The Morgan fingerprint density at radius 3 is 2.39 bits per heavy atom. The van der Waals surface area contributed by atoms with Crippen LogP contribution in [0, 0.1) is 11.8 Å². The molecule has 0 aromatic heterocycles.